The molecule has 0 bridgehead atoms. The third-order valence-corrected chi connectivity index (χ3v) is 4.75. The Morgan fingerprint density at radius 3 is 2.86 bits per heavy atom. The molecule has 6 heteroatoms. The molecule has 0 aliphatic heterocycles. The normalized spacial score (nSPS) is 23.3. The predicted octanol–water partition coefficient (Wildman–Crippen LogP) is 4.98. The largest absolute Gasteiger partial charge is 0.378 e. The lowest BCUT2D eigenvalue weighted by Gasteiger charge is -2.37. The average Bonchev–Trinajstić information content (AvgIpc) is 2.72. The molecule has 0 N–H and O–H groups in total. The van der Waals surface area contributed by atoms with Crippen molar-refractivity contribution in [1.82, 2.24) is 9.55 Å². The van der Waals surface area contributed by atoms with Crippen LogP contribution >= 0.6 is 27.5 Å². The molecule has 2 aromatic rings. The Morgan fingerprint density at radius 2 is 2.24 bits per heavy atom. The fourth-order valence-corrected chi connectivity index (χ4v) is 3.38. The minimum absolute atomic E-state index is 0.217. The summed E-state index contributed by atoms with van der Waals surface area (Å²) in [6, 6.07) is 3.52. The van der Waals surface area contributed by atoms with E-state index in [9.17, 15) is 4.39 Å². The Morgan fingerprint density at radius 1 is 1.52 bits per heavy atom. The van der Waals surface area contributed by atoms with Gasteiger partial charge < -0.3 is 9.30 Å². The van der Waals surface area contributed by atoms with Crippen LogP contribution in [-0.2, 0) is 4.74 Å². The zero-order valence-electron chi connectivity index (χ0n) is 11.9. The summed E-state index contributed by atoms with van der Waals surface area (Å²) < 4.78 is 22.0. The van der Waals surface area contributed by atoms with Crippen molar-refractivity contribution in [3.05, 3.63) is 28.2 Å². The van der Waals surface area contributed by atoms with Crippen LogP contribution in [0.4, 0.5) is 4.39 Å². The number of halogens is 3. The third kappa shape index (κ3) is 2.71. The second-order valence-electron chi connectivity index (χ2n) is 5.41. The highest BCUT2D eigenvalue weighted by Gasteiger charge is 2.34. The van der Waals surface area contributed by atoms with Crippen molar-refractivity contribution < 1.29 is 9.13 Å². The smallest absolute Gasteiger partial charge is 0.139 e. The predicted molar refractivity (Wildman–Crippen MR) is 85.3 cm³/mol. The van der Waals surface area contributed by atoms with Crippen LogP contribution in [-0.4, -0.2) is 22.3 Å². The van der Waals surface area contributed by atoms with E-state index in [1.165, 1.54) is 6.07 Å². The van der Waals surface area contributed by atoms with Gasteiger partial charge in [0.15, 0.2) is 0 Å². The van der Waals surface area contributed by atoms with Gasteiger partial charge in [-0.15, -0.1) is 11.6 Å². The van der Waals surface area contributed by atoms with Crippen LogP contribution in [0.25, 0.3) is 11.0 Å². The Balaban J connectivity index is 2.03. The van der Waals surface area contributed by atoms with Crippen LogP contribution in [0.2, 0.25) is 0 Å². The Bertz CT molecular complexity index is 667. The maximum absolute atomic E-state index is 13.9. The summed E-state index contributed by atoms with van der Waals surface area (Å²) in [6.45, 7) is 4.62. The first-order valence-corrected chi connectivity index (χ1v) is 8.36. The quantitative estimate of drug-likeness (QED) is 0.705. The fraction of sp³-hybridized carbons (Fsp3) is 0.533. The van der Waals surface area contributed by atoms with E-state index in [4.69, 9.17) is 16.3 Å². The van der Waals surface area contributed by atoms with E-state index in [1.807, 2.05) is 13.8 Å². The number of hydrogen-bond acceptors (Lipinski definition) is 2. The monoisotopic (exact) mass is 374 g/mol. The van der Waals surface area contributed by atoms with Gasteiger partial charge in [0.1, 0.15) is 11.6 Å². The second kappa shape index (κ2) is 5.86. The van der Waals surface area contributed by atoms with Crippen molar-refractivity contribution in [3.63, 3.8) is 0 Å². The molecule has 0 saturated heterocycles. The van der Waals surface area contributed by atoms with Crippen molar-refractivity contribution >= 4 is 38.6 Å². The molecular weight excluding hydrogens is 359 g/mol. The average molecular weight is 376 g/mol. The van der Waals surface area contributed by atoms with Crippen molar-refractivity contribution in [2.24, 2.45) is 0 Å². The van der Waals surface area contributed by atoms with E-state index < -0.39 is 0 Å². The molecule has 1 aromatic carbocycles. The molecular formula is C15H17BrClFN2O. The van der Waals surface area contributed by atoms with Crippen LogP contribution in [0.5, 0.6) is 0 Å². The highest BCUT2D eigenvalue weighted by Crippen LogP contribution is 2.40. The van der Waals surface area contributed by atoms with Gasteiger partial charge in [0, 0.05) is 18.7 Å². The zero-order chi connectivity index (χ0) is 15.1. The van der Waals surface area contributed by atoms with Crippen LogP contribution in [0.1, 0.15) is 43.9 Å². The van der Waals surface area contributed by atoms with E-state index in [0.717, 1.165) is 36.3 Å². The number of ether oxygens (including phenoxy) is 1. The summed E-state index contributed by atoms with van der Waals surface area (Å²) in [7, 11) is 0. The van der Waals surface area contributed by atoms with Gasteiger partial charge in [-0.2, -0.15) is 0 Å². The van der Waals surface area contributed by atoms with Crippen LogP contribution in [0.15, 0.2) is 16.6 Å². The molecule has 1 aromatic heterocycles. The third-order valence-electron chi connectivity index (χ3n) is 3.95. The zero-order valence-corrected chi connectivity index (χ0v) is 14.3. The number of benzene rings is 1. The molecule has 1 aliphatic carbocycles. The molecule has 1 aliphatic rings. The number of fused-ring (bicyclic) bond motifs is 1. The van der Waals surface area contributed by atoms with Crippen molar-refractivity contribution in [2.45, 2.75) is 44.2 Å². The topological polar surface area (TPSA) is 27.1 Å². The SMILES string of the molecule is CCOC1CC(n2c(C(C)Cl)nc3cc(Br)c(F)cc32)C1. The lowest BCUT2D eigenvalue weighted by molar-refractivity contribution is -0.0193. The Hall–Kier alpha value is -0.650. The van der Waals surface area contributed by atoms with Crippen molar-refractivity contribution in [3.8, 4) is 0 Å². The number of imidazole rings is 1. The minimum atomic E-state index is -0.280. The summed E-state index contributed by atoms with van der Waals surface area (Å²) in [4.78, 5) is 4.58. The lowest BCUT2D eigenvalue weighted by Crippen LogP contribution is -2.34. The van der Waals surface area contributed by atoms with Gasteiger partial charge in [0.05, 0.1) is 27.0 Å². The first kappa shape index (κ1) is 15.3. The number of aromatic nitrogens is 2. The number of alkyl halides is 1. The lowest BCUT2D eigenvalue weighted by atomic mass is 9.88. The molecule has 1 fully saturated rings. The maximum atomic E-state index is 13.9. The molecule has 1 unspecified atom stereocenters. The van der Waals surface area contributed by atoms with E-state index in [1.54, 1.807) is 6.07 Å². The molecule has 0 amide bonds. The standard InChI is InChI=1S/C15H17BrClFN2O/c1-3-21-10-4-9(5-10)20-14-7-12(18)11(16)6-13(14)19-15(20)8(2)17/h6-10H,3-5H2,1-2H3. The van der Waals surface area contributed by atoms with Crippen LogP contribution in [0.3, 0.4) is 0 Å². The summed E-state index contributed by atoms with van der Waals surface area (Å²) in [5, 5.41) is -0.217. The molecule has 1 atom stereocenters. The highest BCUT2D eigenvalue weighted by atomic mass is 79.9. The molecule has 114 valence electrons. The van der Waals surface area contributed by atoms with Gasteiger partial charge in [-0.3, -0.25) is 0 Å². The second-order valence-corrected chi connectivity index (χ2v) is 6.92. The summed E-state index contributed by atoms with van der Waals surface area (Å²) in [5.74, 6) is 0.516. The van der Waals surface area contributed by atoms with E-state index >= 15 is 0 Å². The van der Waals surface area contributed by atoms with Gasteiger partial charge in [-0.25, -0.2) is 9.37 Å². The fourth-order valence-electron chi connectivity index (χ4n) is 2.89. The van der Waals surface area contributed by atoms with Crippen LogP contribution in [0, 0.1) is 5.82 Å². The van der Waals surface area contributed by atoms with Gasteiger partial charge in [0.25, 0.3) is 0 Å². The van der Waals surface area contributed by atoms with Gasteiger partial charge in [-0.1, -0.05) is 0 Å². The summed E-state index contributed by atoms with van der Waals surface area (Å²) in [6.07, 6.45) is 2.14. The molecule has 1 saturated carbocycles. The molecule has 21 heavy (non-hydrogen) atoms. The van der Waals surface area contributed by atoms with E-state index in [2.05, 4.69) is 25.5 Å². The minimum Gasteiger partial charge on any atom is -0.378 e. The number of nitrogens with zero attached hydrogens (tertiary/aromatic N) is 2. The Labute approximate surface area is 136 Å². The molecule has 3 nitrogen and oxygen atoms in total. The highest BCUT2D eigenvalue weighted by molar-refractivity contribution is 9.10. The first-order chi connectivity index (χ1) is 10.0. The maximum Gasteiger partial charge on any atom is 0.139 e. The summed E-state index contributed by atoms with van der Waals surface area (Å²) in [5.41, 5.74) is 1.57. The molecule has 3 rings (SSSR count). The van der Waals surface area contributed by atoms with Gasteiger partial charge in [0.2, 0.25) is 0 Å². The molecule has 0 spiro atoms. The Kier molecular flexibility index (Phi) is 4.26. The van der Waals surface area contributed by atoms with Gasteiger partial charge >= 0.3 is 0 Å². The first-order valence-electron chi connectivity index (χ1n) is 7.13. The number of hydrogen-bond donors (Lipinski definition) is 0. The van der Waals surface area contributed by atoms with Gasteiger partial charge in [-0.05, 0) is 48.7 Å². The summed E-state index contributed by atoms with van der Waals surface area (Å²) >= 11 is 9.47. The molecule has 1 heterocycles. The van der Waals surface area contributed by atoms with E-state index in [-0.39, 0.29) is 23.3 Å². The molecule has 0 radical (unpaired) electrons. The van der Waals surface area contributed by atoms with E-state index in [0.29, 0.717) is 4.47 Å². The van der Waals surface area contributed by atoms with Crippen LogP contribution < -0.4 is 0 Å². The van der Waals surface area contributed by atoms with Crippen molar-refractivity contribution in [2.75, 3.05) is 6.61 Å². The number of rotatable bonds is 4. The van der Waals surface area contributed by atoms with Crippen molar-refractivity contribution in [1.29, 1.82) is 0 Å².